The maximum atomic E-state index is 11.8. The Hall–Kier alpha value is -0.990. The zero-order valence-corrected chi connectivity index (χ0v) is 11.2. The number of carbonyl (C=O) groups excluding carboxylic acids is 1. The molecule has 1 aliphatic rings. The molecule has 90 valence electrons. The van der Waals surface area contributed by atoms with Gasteiger partial charge in [0, 0.05) is 23.3 Å². The molecule has 1 unspecified atom stereocenters. The van der Waals surface area contributed by atoms with Gasteiger partial charge in [0.15, 0.2) is 0 Å². The standard InChI is InChI=1S/C13H13Cl2NO/c1-8-7-9(14)3-4-10(8)12-6-5-11(15)13(17)16(12)2/h3-4,6-7,11H,5H2,1-2H3. The third kappa shape index (κ3) is 2.33. The van der Waals surface area contributed by atoms with E-state index in [1.807, 2.05) is 31.2 Å². The van der Waals surface area contributed by atoms with Crippen LogP contribution in [-0.4, -0.2) is 23.2 Å². The fraction of sp³-hybridized carbons (Fsp3) is 0.308. The summed E-state index contributed by atoms with van der Waals surface area (Å²) in [5.74, 6) is -0.0569. The lowest BCUT2D eigenvalue weighted by atomic mass is 10.0. The molecule has 2 rings (SSSR count). The average molecular weight is 270 g/mol. The van der Waals surface area contributed by atoms with Crippen LogP contribution >= 0.6 is 23.2 Å². The second kappa shape index (κ2) is 4.71. The van der Waals surface area contributed by atoms with E-state index >= 15 is 0 Å². The van der Waals surface area contributed by atoms with Crippen LogP contribution in [0, 0.1) is 6.92 Å². The van der Waals surface area contributed by atoms with Gasteiger partial charge in [-0.1, -0.05) is 23.7 Å². The molecule has 1 aromatic rings. The van der Waals surface area contributed by atoms with Crippen LogP contribution in [0.5, 0.6) is 0 Å². The molecule has 1 atom stereocenters. The number of hydrogen-bond acceptors (Lipinski definition) is 1. The first kappa shape index (κ1) is 12.5. The molecule has 0 aromatic heterocycles. The number of benzene rings is 1. The van der Waals surface area contributed by atoms with E-state index < -0.39 is 5.38 Å². The van der Waals surface area contributed by atoms with Crippen molar-refractivity contribution in [3.8, 4) is 0 Å². The molecule has 17 heavy (non-hydrogen) atoms. The Bertz CT molecular complexity index is 496. The maximum absolute atomic E-state index is 11.8. The number of halogens is 2. The molecular formula is C13H13Cl2NO. The first-order chi connectivity index (χ1) is 8.00. The number of alkyl halides is 1. The van der Waals surface area contributed by atoms with Gasteiger partial charge in [-0.3, -0.25) is 4.79 Å². The molecular weight excluding hydrogens is 257 g/mol. The molecule has 0 aliphatic carbocycles. The smallest absolute Gasteiger partial charge is 0.245 e. The first-order valence-electron chi connectivity index (χ1n) is 5.39. The highest BCUT2D eigenvalue weighted by molar-refractivity contribution is 6.32. The van der Waals surface area contributed by atoms with Crippen molar-refractivity contribution in [2.24, 2.45) is 0 Å². The van der Waals surface area contributed by atoms with Gasteiger partial charge < -0.3 is 4.90 Å². The summed E-state index contributed by atoms with van der Waals surface area (Å²) < 4.78 is 0. The first-order valence-corrected chi connectivity index (χ1v) is 6.20. The fourth-order valence-corrected chi connectivity index (χ4v) is 2.45. The topological polar surface area (TPSA) is 20.3 Å². The van der Waals surface area contributed by atoms with Crippen molar-refractivity contribution in [2.75, 3.05) is 7.05 Å². The predicted molar refractivity (Wildman–Crippen MR) is 71.2 cm³/mol. The molecule has 0 N–H and O–H groups in total. The van der Waals surface area contributed by atoms with E-state index in [0.29, 0.717) is 11.4 Å². The summed E-state index contributed by atoms with van der Waals surface area (Å²) in [6, 6.07) is 5.65. The van der Waals surface area contributed by atoms with Gasteiger partial charge in [-0.15, -0.1) is 11.6 Å². The number of hydrogen-bond donors (Lipinski definition) is 0. The minimum Gasteiger partial charge on any atom is -0.314 e. The third-order valence-corrected chi connectivity index (χ3v) is 3.54. The van der Waals surface area contributed by atoms with E-state index in [2.05, 4.69) is 0 Å². The van der Waals surface area contributed by atoms with Crippen LogP contribution in [0.25, 0.3) is 5.70 Å². The Morgan fingerprint density at radius 3 is 2.76 bits per heavy atom. The molecule has 4 heteroatoms. The predicted octanol–water partition coefficient (Wildman–Crippen LogP) is 3.46. The van der Waals surface area contributed by atoms with E-state index in [9.17, 15) is 4.79 Å². The van der Waals surface area contributed by atoms with E-state index in [-0.39, 0.29) is 5.91 Å². The van der Waals surface area contributed by atoms with Gasteiger partial charge in [0.05, 0.1) is 0 Å². The molecule has 0 fully saturated rings. The van der Waals surface area contributed by atoms with E-state index in [1.54, 1.807) is 11.9 Å². The van der Waals surface area contributed by atoms with Gasteiger partial charge in [-0.05, 0) is 31.0 Å². The van der Waals surface area contributed by atoms with Crippen LogP contribution < -0.4 is 0 Å². The van der Waals surface area contributed by atoms with Crippen molar-refractivity contribution < 1.29 is 4.79 Å². The fourth-order valence-electron chi connectivity index (χ4n) is 1.99. The monoisotopic (exact) mass is 269 g/mol. The minimum absolute atomic E-state index is 0.0569. The highest BCUT2D eigenvalue weighted by Gasteiger charge is 2.27. The number of allylic oxidation sites excluding steroid dienone is 1. The van der Waals surface area contributed by atoms with Crippen LogP contribution in [-0.2, 0) is 4.79 Å². The highest BCUT2D eigenvalue weighted by atomic mass is 35.5. The molecule has 0 saturated carbocycles. The lowest BCUT2D eigenvalue weighted by Gasteiger charge is -2.28. The summed E-state index contributed by atoms with van der Waals surface area (Å²) in [6.45, 7) is 1.98. The molecule has 1 aliphatic heterocycles. The van der Waals surface area contributed by atoms with Gasteiger partial charge in [0.25, 0.3) is 0 Å². The molecule has 2 nitrogen and oxygen atoms in total. The number of carbonyl (C=O) groups is 1. The summed E-state index contributed by atoms with van der Waals surface area (Å²) >= 11 is 11.8. The Morgan fingerprint density at radius 1 is 1.41 bits per heavy atom. The zero-order valence-electron chi connectivity index (χ0n) is 9.71. The van der Waals surface area contributed by atoms with Gasteiger partial charge in [-0.25, -0.2) is 0 Å². The molecule has 1 aromatic carbocycles. The number of rotatable bonds is 1. The Balaban J connectivity index is 2.43. The quantitative estimate of drug-likeness (QED) is 0.716. The molecule has 1 amide bonds. The van der Waals surface area contributed by atoms with Crippen molar-refractivity contribution in [2.45, 2.75) is 18.7 Å². The third-order valence-electron chi connectivity index (χ3n) is 2.94. The molecule has 0 spiro atoms. The molecule has 0 bridgehead atoms. The average Bonchev–Trinajstić information content (AvgIpc) is 2.28. The van der Waals surface area contributed by atoms with Crippen LogP contribution in [0.3, 0.4) is 0 Å². The lowest BCUT2D eigenvalue weighted by molar-refractivity contribution is -0.126. The summed E-state index contributed by atoms with van der Waals surface area (Å²) in [7, 11) is 1.75. The van der Waals surface area contributed by atoms with E-state index in [0.717, 1.165) is 16.8 Å². The summed E-state index contributed by atoms with van der Waals surface area (Å²) in [6.07, 6.45) is 2.57. The highest BCUT2D eigenvalue weighted by Crippen LogP contribution is 2.29. The second-order valence-corrected chi connectivity index (χ2v) is 5.11. The van der Waals surface area contributed by atoms with Crippen molar-refractivity contribution in [1.82, 2.24) is 4.90 Å². The van der Waals surface area contributed by atoms with Crippen molar-refractivity contribution in [1.29, 1.82) is 0 Å². The molecule has 1 heterocycles. The van der Waals surface area contributed by atoms with Crippen molar-refractivity contribution >= 4 is 34.8 Å². The van der Waals surface area contributed by atoms with Crippen LogP contribution in [0.15, 0.2) is 24.3 Å². The van der Waals surface area contributed by atoms with Crippen LogP contribution in [0.4, 0.5) is 0 Å². The van der Waals surface area contributed by atoms with Gasteiger partial charge in [0.1, 0.15) is 5.38 Å². The Labute approximate surface area is 111 Å². The number of amides is 1. The van der Waals surface area contributed by atoms with Gasteiger partial charge in [0.2, 0.25) is 5.91 Å². The minimum atomic E-state index is -0.448. The van der Waals surface area contributed by atoms with E-state index in [1.165, 1.54) is 0 Å². The summed E-state index contributed by atoms with van der Waals surface area (Å²) in [5.41, 5.74) is 2.98. The zero-order chi connectivity index (χ0) is 12.6. The summed E-state index contributed by atoms with van der Waals surface area (Å²) in [5, 5.41) is 0.253. The van der Waals surface area contributed by atoms with Crippen LogP contribution in [0.1, 0.15) is 17.5 Å². The van der Waals surface area contributed by atoms with Gasteiger partial charge in [-0.2, -0.15) is 0 Å². The normalized spacial score (nSPS) is 20.5. The Morgan fingerprint density at radius 2 is 2.12 bits per heavy atom. The number of nitrogens with zero attached hydrogens (tertiary/aromatic N) is 1. The van der Waals surface area contributed by atoms with Crippen molar-refractivity contribution in [3.05, 3.63) is 40.4 Å². The number of aryl methyl sites for hydroxylation is 1. The van der Waals surface area contributed by atoms with Crippen molar-refractivity contribution in [3.63, 3.8) is 0 Å². The Kier molecular flexibility index (Phi) is 3.45. The van der Waals surface area contributed by atoms with Crippen LogP contribution in [0.2, 0.25) is 5.02 Å². The van der Waals surface area contributed by atoms with E-state index in [4.69, 9.17) is 23.2 Å². The molecule has 0 saturated heterocycles. The lowest BCUT2D eigenvalue weighted by Crippen LogP contribution is -2.35. The second-order valence-electron chi connectivity index (χ2n) is 4.15. The summed E-state index contributed by atoms with van der Waals surface area (Å²) in [4.78, 5) is 13.4. The largest absolute Gasteiger partial charge is 0.314 e. The molecule has 0 radical (unpaired) electrons. The maximum Gasteiger partial charge on any atom is 0.245 e. The SMILES string of the molecule is Cc1cc(Cl)ccc1C1=CCC(Cl)C(=O)N1C. The van der Waals surface area contributed by atoms with Gasteiger partial charge >= 0.3 is 0 Å².